The molecule has 0 saturated heterocycles. The summed E-state index contributed by atoms with van der Waals surface area (Å²) in [5.41, 5.74) is 5.72. The minimum atomic E-state index is -1.21. The fourth-order valence-electron chi connectivity index (χ4n) is 6.35. The molecule has 0 radical (unpaired) electrons. The van der Waals surface area contributed by atoms with Crippen LogP contribution in [0.2, 0.25) is 0 Å². The second-order valence-corrected chi connectivity index (χ2v) is 16.6. The van der Waals surface area contributed by atoms with E-state index in [4.69, 9.17) is 10.00 Å². The van der Waals surface area contributed by atoms with Crippen molar-refractivity contribution in [2.45, 2.75) is 81.4 Å². The van der Waals surface area contributed by atoms with Crippen molar-refractivity contribution in [1.82, 2.24) is 0 Å². The Morgan fingerprint density at radius 1 is 0.759 bits per heavy atom. The predicted octanol–water partition coefficient (Wildman–Crippen LogP) is 14.2. The number of carbonyl (C=O) groups is 1. The molecule has 0 saturated carbocycles. The monoisotopic (exact) mass is 770 g/mol. The standard InChI is InChI=1S/C46H46N2O3S3/c1-3-5-7-9-13-34-30-40(25-23-38-22-24-39(52-38)31-35(32-47)46(49)50)53-43(34)27-17-33-16-26-42-45(29-33)54-44-15-11-10-14-41(44)48(42)36-18-20-37(21-19-36)51-28-12-8-6-4-2/h10-11,14-27,29-31H,3-9,12-13,28H2,1-2H3,(H,49,50)/b25-23+,27-17+,35-31+. The first-order valence-electron chi connectivity index (χ1n) is 18.8. The summed E-state index contributed by atoms with van der Waals surface area (Å²) in [5, 5.41) is 18.3. The molecule has 1 aliphatic rings. The van der Waals surface area contributed by atoms with Crippen LogP contribution >= 0.6 is 34.4 Å². The number of benzene rings is 3. The van der Waals surface area contributed by atoms with Gasteiger partial charge in [0.05, 0.1) is 18.0 Å². The smallest absolute Gasteiger partial charge is 0.346 e. The van der Waals surface area contributed by atoms with Gasteiger partial charge in [-0.05, 0) is 121 Å². The Morgan fingerprint density at radius 2 is 1.50 bits per heavy atom. The maximum Gasteiger partial charge on any atom is 0.346 e. The molecule has 0 atom stereocenters. The van der Waals surface area contributed by atoms with Gasteiger partial charge in [0, 0.05) is 35.0 Å². The predicted molar refractivity (Wildman–Crippen MR) is 230 cm³/mol. The third-order valence-corrected chi connectivity index (χ3v) is 12.4. The molecule has 276 valence electrons. The Morgan fingerprint density at radius 3 is 2.28 bits per heavy atom. The molecule has 1 N–H and O–H groups in total. The number of unbranched alkanes of at least 4 members (excludes halogenated alkanes) is 6. The van der Waals surface area contributed by atoms with Crippen LogP contribution in [-0.2, 0) is 11.2 Å². The summed E-state index contributed by atoms with van der Waals surface area (Å²) in [6, 6.07) is 31.7. The lowest BCUT2D eigenvalue weighted by Gasteiger charge is -2.33. The maximum absolute atomic E-state index is 11.3. The Balaban J connectivity index is 1.22. The lowest BCUT2D eigenvalue weighted by Crippen LogP contribution is -2.14. The third kappa shape index (κ3) is 10.2. The maximum atomic E-state index is 11.3. The van der Waals surface area contributed by atoms with E-state index in [2.05, 4.69) is 116 Å². The Kier molecular flexibility index (Phi) is 14.0. The van der Waals surface area contributed by atoms with Crippen molar-refractivity contribution in [3.63, 3.8) is 0 Å². The molecule has 0 bridgehead atoms. The zero-order valence-electron chi connectivity index (χ0n) is 30.9. The molecule has 5 aromatic rings. The second kappa shape index (κ2) is 19.5. The Bertz CT molecular complexity index is 2170. The van der Waals surface area contributed by atoms with E-state index in [0.717, 1.165) is 52.6 Å². The lowest BCUT2D eigenvalue weighted by molar-refractivity contribution is -0.132. The largest absolute Gasteiger partial charge is 0.494 e. The van der Waals surface area contributed by atoms with Gasteiger partial charge in [-0.25, -0.2) is 4.79 Å². The average molecular weight is 771 g/mol. The molecule has 5 nitrogen and oxygen atoms in total. The van der Waals surface area contributed by atoms with Gasteiger partial charge in [-0.15, -0.1) is 22.7 Å². The van der Waals surface area contributed by atoms with Crippen LogP contribution in [-0.4, -0.2) is 17.7 Å². The van der Waals surface area contributed by atoms with Crippen LogP contribution < -0.4 is 9.64 Å². The van der Waals surface area contributed by atoms with Gasteiger partial charge in [0.25, 0.3) is 0 Å². The number of carboxylic acid groups (broad SMARTS) is 1. The van der Waals surface area contributed by atoms with Crippen LogP contribution in [0.1, 0.15) is 95.8 Å². The van der Waals surface area contributed by atoms with Gasteiger partial charge < -0.3 is 14.7 Å². The zero-order valence-corrected chi connectivity index (χ0v) is 33.4. The number of para-hydroxylation sites is 1. The first-order chi connectivity index (χ1) is 26.4. The normalized spacial score (nSPS) is 12.6. The van der Waals surface area contributed by atoms with Crippen LogP contribution in [0.4, 0.5) is 17.1 Å². The van der Waals surface area contributed by atoms with Crippen molar-refractivity contribution in [3.05, 3.63) is 121 Å². The van der Waals surface area contributed by atoms with Gasteiger partial charge in [-0.3, -0.25) is 0 Å². The fourth-order valence-corrected chi connectivity index (χ4v) is 9.33. The van der Waals surface area contributed by atoms with Gasteiger partial charge >= 0.3 is 5.97 Å². The number of rotatable bonds is 18. The van der Waals surface area contributed by atoms with Crippen LogP contribution in [0.3, 0.4) is 0 Å². The highest BCUT2D eigenvalue weighted by molar-refractivity contribution is 7.99. The zero-order chi connectivity index (χ0) is 37.7. The molecule has 0 amide bonds. The first kappa shape index (κ1) is 38.9. The molecule has 3 aromatic carbocycles. The number of ether oxygens (including phenoxy) is 1. The fraction of sp³-hybridized carbons (Fsp3) is 0.261. The van der Waals surface area contributed by atoms with Crippen molar-refractivity contribution < 1.29 is 14.6 Å². The number of fused-ring (bicyclic) bond motifs is 2. The summed E-state index contributed by atoms with van der Waals surface area (Å²) in [4.78, 5) is 20.3. The van der Waals surface area contributed by atoms with Crippen LogP contribution in [0, 0.1) is 11.3 Å². The minimum Gasteiger partial charge on any atom is -0.494 e. The van der Waals surface area contributed by atoms with E-state index in [-0.39, 0.29) is 5.57 Å². The minimum absolute atomic E-state index is 0.265. The van der Waals surface area contributed by atoms with Gasteiger partial charge in [0.2, 0.25) is 0 Å². The van der Waals surface area contributed by atoms with E-state index in [1.807, 2.05) is 23.9 Å². The molecular weight excluding hydrogens is 725 g/mol. The molecule has 0 fully saturated rings. The summed E-state index contributed by atoms with van der Waals surface area (Å²) >= 11 is 5.07. The number of aliphatic carboxylic acids is 1. The van der Waals surface area contributed by atoms with Crippen molar-refractivity contribution in [1.29, 1.82) is 5.26 Å². The van der Waals surface area contributed by atoms with Crippen molar-refractivity contribution in [3.8, 4) is 11.8 Å². The number of nitrogens with zero attached hydrogens (tertiary/aromatic N) is 2. The molecule has 6 rings (SSSR count). The molecule has 2 aromatic heterocycles. The summed E-state index contributed by atoms with van der Waals surface area (Å²) in [7, 11) is 0. The molecular formula is C46H46N2O3S3. The van der Waals surface area contributed by atoms with E-state index in [1.165, 1.54) is 92.4 Å². The third-order valence-electron chi connectivity index (χ3n) is 9.20. The van der Waals surface area contributed by atoms with E-state index < -0.39 is 5.97 Å². The van der Waals surface area contributed by atoms with Crippen molar-refractivity contribution in [2.24, 2.45) is 0 Å². The second-order valence-electron chi connectivity index (χ2n) is 13.3. The molecule has 3 heterocycles. The Hall–Kier alpha value is -4.81. The summed E-state index contributed by atoms with van der Waals surface area (Å²) in [6.45, 7) is 5.22. The summed E-state index contributed by atoms with van der Waals surface area (Å²) in [6.07, 6.45) is 20.8. The quantitative estimate of drug-likeness (QED) is 0.0533. The molecule has 54 heavy (non-hydrogen) atoms. The molecule has 1 aliphatic heterocycles. The molecule has 0 spiro atoms. The number of thiophene rings is 2. The van der Waals surface area contributed by atoms with Gasteiger partial charge in [0.15, 0.2) is 0 Å². The highest BCUT2D eigenvalue weighted by Gasteiger charge is 2.25. The summed E-state index contributed by atoms with van der Waals surface area (Å²) in [5.74, 6) is -0.302. The van der Waals surface area contributed by atoms with Gasteiger partial charge in [0.1, 0.15) is 17.4 Å². The van der Waals surface area contributed by atoms with Gasteiger partial charge in [-0.1, -0.05) is 88.4 Å². The molecule has 0 unspecified atom stereocenters. The topological polar surface area (TPSA) is 73.6 Å². The average Bonchev–Trinajstić information content (AvgIpc) is 3.82. The van der Waals surface area contributed by atoms with Crippen LogP contribution in [0.5, 0.6) is 5.75 Å². The number of hydrogen-bond donors (Lipinski definition) is 1. The number of aryl methyl sites for hydroxylation is 1. The van der Waals surface area contributed by atoms with E-state index >= 15 is 0 Å². The highest BCUT2D eigenvalue weighted by Crippen LogP contribution is 2.51. The van der Waals surface area contributed by atoms with Crippen LogP contribution in [0.15, 0.2) is 100 Å². The number of carboxylic acids is 1. The summed E-state index contributed by atoms with van der Waals surface area (Å²) < 4.78 is 6.05. The number of hydrogen-bond acceptors (Lipinski definition) is 7. The van der Waals surface area contributed by atoms with E-state index in [9.17, 15) is 9.90 Å². The lowest BCUT2D eigenvalue weighted by atomic mass is 10.1. The first-order valence-corrected chi connectivity index (χ1v) is 21.3. The highest BCUT2D eigenvalue weighted by atomic mass is 32.2. The number of nitriles is 1. The van der Waals surface area contributed by atoms with Crippen molar-refractivity contribution >= 4 is 87.8 Å². The Labute approximate surface area is 332 Å². The number of anilines is 3. The molecule has 0 aliphatic carbocycles. The van der Waals surface area contributed by atoms with Crippen LogP contribution in [0.25, 0.3) is 30.4 Å². The van der Waals surface area contributed by atoms with Crippen molar-refractivity contribution in [2.75, 3.05) is 11.5 Å². The van der Waals surface area contributed by atoms with E-state index in [1.54, 1.807) is 17.4 Å². The van der Waals surface area contributed by atoms with Gasteiger partial charge in [-0.2, -0.15) is 5.26 Å². The molecule has 8 heteroatoms. The van der Waals surface area contributed by atoms with E-state index in [0.29, 0.717) is 0 Å². The SMILES string of the molecule is CCCCCCOc1ccc(N2c3ccccc3Sc3cc(/C=C/c4sc(/C=C/c5ccc(/C=C(\C#N)C(=O)O)s5)cc4CCCCCC)ccc32)cc1.